The maximum atomic E-state index is 13.9. The molecule has 1 aromatic rings. The molecule has 0 aliphatic carbocycles. The van der Waals surface area contributed by atoms with Gasteiger partial charge in [0.05, 0.1) is 0 Å². The molecule has 1 aliphatic heterocycles. The van der Waals surface area contributed by atoms with E-state index in [1.807, 2.05) is 5.92 Å². The van der Waals surface area contributed by atoms with E-state index in [2.05, 4.69) is 14.6 Å². The summed E-state index contributed by atoms with van der Waals surface area (Å²) in [5.74, 6) is -10.1. The maximum Gasteiger partial charge on any atom is 0.230 e. The van der Waals surface area contributed by atoms with Crippen LogP contribution in [-0.2, 0) is 14.7 Å². The Morgan fingerprint density at radius 2 is 1.62 bits per heavy atom. The van der Waals surface area contributed by atoms with E-state index >= 15 is 0 Å². The van der Waals surface area contributed by atoms with Crippen molar-refractivity contribution in [2.75, 3.05) is 12.5 Å². The van der Waals surface area contributed by atoms with Gasteiger partial charge in [-0.25, -0.2) is 8.42 Å². The van der Waals surface area contributed by atoms with Gasteiger partial charge in [-0.2, -0.15) is 17.6 Å². The molecule has 0 amide bonds. The van der Waals surface area contributed by atoms with Crippen molar-refractivity contribution < 1.29 is 40.3 Å². The van der Waals surface area contributed by atoms with Crippen molar-refractivity contribution in [3.63, 3.8) is 0 Å². The largest absolute Gasteiger partial charge is 0.475 e. The summed E-state index contributed by atoms with van der Waals surface area (Å²) in [5, 5.41) is 2.96. The number of hydrogen-bond acceptors (Lipinski definition) is 6. The lowest BCUT2D eigenvalue weighted by Crippen LogP contribution is -2.26. The van der Waals surface area contributed by atoms with Crippen LogP contribution in [0.25, 0.3) is 0 Å². The van der Waals surface area contributed by atoms with E-state index in [9.17, 15) is 26.0 Å². The quantitative estimate of drug-likeness (QED) is 0.435. The summed E-state index contributed by atoms with van der Waals surface area (Å²) in [6, 6.07) is 0. The average Bonchev–Trinajstić information content (AvgIpc) is 2.94. The molecule has 0 radical (unpaired) electrons. The number of benzene rings is 1. The highest BCUT2D eigenvalue weighted by Crippen LogP contribution is 2.35. The second-order valence-electron chi connectivity index (χ2n) is 5.80. The molecular weight excluding hydrogens is 382 g/mol. The molecule has 0 N–H and O–H groups in total. The molecule has 1 heterocycles. The monoisotopic (exact) mass is 395 g/mol. The SMILES string of the molecule is C#CCOc1c(F)c(F)c(OCS(=O)(=O)C2=NOC(C)(C)C2)c(F)c1F. The zero-order chi connectivity index (χ0) is 19.7. The smallest absolute Gasteiger partial charge is 0.230 e. The molecule has 26 heavy (non-hydrogen) atoms. The first-order valence-electron chi connectivity index (χ1n) is 7.03. The van der Waals surface area contributed by atoms with Crippen molar-refractivity contribution in [1.29, 1.82) is 0 Å². The summed E-state index contributed by atoms with van der Waals surface area (Å²) >= 11 is 0. The summed E-state index contributed by atoms with van der Waals surface area (Å²) in [5.41, 5.74) is -0.882. The Morgan fingerprint density at radius 3 is 2.04 bits per heavy atom. The predicted octanol–water partition coefficient (Wildman–Crippen LogP) is 2.52. The van der Waals surface area contributed by atoms with Crippen LogP contribution >= 0.6 is 0 Å². The lowest BCUT2D eigenvalue weighted by molar-refractivity contribution is 0.0123. The number of nitrogens with zero attached hydrogens (tertiary/aromatic N) is 1. The third-order valence-electron chi connectivity index (χ3n) is 3.17. The summed E-state index contributed by atoms with van der Waals surface area (Å²) in [4.78, 5) is 4.88. The Kier molecular flexibility index (Phi) is 5.36. The summed E-state index contributed by atoms with van der Waals surface area (Å²) in [7, 11) is -4.25. The standard InChI is InChI=1S/C15H13F4NO5S/c1-4-5-23-13-9(16)11(18)14(12(19)10(13)17)24-7-26(21,22)8-6-15(2,3)25-20-8/h1H,5-7H2,2-3H3. The van der Waals surface area contributed by atoms with Crippen LogP contribution in [0, 0.1) is 35.6 Å². The first-order valence-corrected chi connectivity index (χ1v) is 8.68. The Hall–Kier alpha value is -2.48. The minimum absolute atomic E-state index is 0.106. The summed E-state index contributed by atoms with van der Waals surface area (Å²) in [6.45, 7) is 2.49. The first-order chi connectivity index (χ1) is 12.0. The normalized spacial score (nSPS) is 15.8. The van der Waals surface area contributed by atoms with E-state index in [0.717, 1.165) is 0 Å². The molecule has 2 rings (SSSR count). The van der Waals surface area contributed by atoms with Gasteiger partial charge in [0.2, 0.25) is 33.1 Å². The van der Waals surface area contributed by atoms with E-state index in [1.54, 1.807) is 13.8 Å². The first kappa shape index (κ1) is 19.8. The van der Waals surface area contributed by atoms with E-state index in [0.29, 0.717) is 0 Å². The van der Waals surface area contributed by atoms with Crippen molar-refractivity contribution in [3.05, 3.63) is 23.3 Å². The molecule has 0 saturated heterocycles. The van der Waals surface area contributed by atoms with Crippen LogP contribution in [0.5, 0.6) is 11.5 Å². The molecule has 6 nitrogen and oxygen atoms in total. The van der Waals surface area contributed by atoms with Gasteiger partial charge in [0.15, 0.2) is 22.5 Å². The number of sulfone groups is 1. The fraction of sp³-hybridized carbons (Fsp3) is 0.400. The van der Waals surface area contributed by atoms with Gasteiger partial charge in [0.25, 0.3) is 0 Å². The molecule has 0 unspecified atom stereocenters. The van der Waals surface area contributed by atoms with E-state index in [4.69, 9.17) is 11.3 Å². The second-order valence-corrected chi connectivity index (χ2v) is 7.73. The minimum Gasteiger partial charge on any atom is -0.475 e. The highest BCUT2D eigenvalue weighted by atomic mass is 32.2. The number of terminal acetylenes is 1. The molecule has 1 aromatic carbocycles. The zero-order valence-corrected chi connectivity index (χ0v) is 14.4. The lowest BCUT2D eigenvalue weighted by atomic mass is 10.1. The number of oxime groups is 1. The van der Waals surface area contributed by atoms with Crippen molar-refractivity contribution in [2.24, 2.45) is 5.16 Å². The van der Waals surface area contributed by atoms with Gasteiger partial charge in [-0.15, -0.1) is 6.42 Å². The summed E-state index contributed by atoms with van der Waals surface area (Å²) < 4.78 is 88.5. The average molecular weight is 395 g/mol. The van der Waals surface area contributed by atoms with Gasteiger partial charge >= 0.3 is 0 Å². The Morgan fingerprint density at radius 1 is 1.12 bits per heavy atom. The van der Waals surface area contributed by atoms with Gasteiger partial charge in [-0.1, -0.05) is 11.1 Å². The fourth-order valence-electron chi connectivity index (χ4n) is 1.93. The molecule has 0 atom stereocenters. The second kappa shape index (κ2) is 7.03. The van der Waals surface area contributed by atoms with Crippen LogP contribution in [0.4, 0.5) is 17.6 Å². The summed E-state index contributed by atoms with van der Waals surface area (Å²) in [6.07, 6.45) is 4.73. The van der Waals surface area contributed by atoms with Gasteiger partial charge in [-0.3, -0.25) is 0 Å². The maximum absolute atomic E-state index is 13.9. The molecule has 0 saturated carbocycles. The van der Waals surface area contributed by atoms with E-state index in [1.165, 1.54) is 0 Å². The molecule has 11 heteroatoms. The van der Waals surface area contributed by atoms with Crippen molar-refractivity contribution >= 4 is 14.9 Å². The number of halogens is 4. The lowest BCUT2D eigenvalue weighted by Gasteiger charge is -2.14. The van der Waals surface area contributed by atoms with E-state index in [-0.39, 0.29) is 6.42 Å². The van der Waals surface area contributed by atoms with Gasteiger partial charge in [-0.05, 0) is 13.8 Å². The molecule has 1 aliphatic rings. The molecule has 0 fully saturated rings. The Balaban J connectivity index is 2.27. The fourth-order valence-corrected chi connectivity index (χ4v) is 3.06. The Labute approximate surface area is 146 Å². The minimum atomic E-state index is -4.25. The molecule has 0 aromatic heterocycles. The van der Waals surface area contributed by atoms with Crippen molar-refractivity contribution in [3.8, 4) is 23.8 Å². The van der Waals surface area contributed by atoms with Crippen molar-refractivity contribution in [2.45, 2.75) is 25.9 Å². The highest BCUT2D eigenvalue weighted by molar-refractivity contribution is 8.06. The van der Waals surface area contributed by atoms with Crippen molar-refractivity contribution in [1.82, 2.24) is 0 Å². The van der Waals surface area contributed by atoms with Gasteiger partial charge in [0, 0.05) is 6.42 Å². The third kappa shape index (κ3) is 3.85. The van der Waals surface area contributed by atoms with Crippen LogP contribution in [-0.4, -0.2) is 31.6 Å². The highest BCUT2D eigenvalue weighted by Gasteiger charge is 2.37. The van der Waals surface area contributed by atoms with Crippen LogP contribution < -0.4 is 9.47 Å². The number of hydrogen-bond donors (Lipinski definition) is 0. The molecule has 0 spiro atoms. The Bertz CT molecular complexity index is 877. The zero-order valence-electron chi connectivity index (χ0n) is 13.6. The van der Waals surface area contributed by atoms with Crippen LogP contribution in [0.15, 0.2) is 5.16 Å². The molecule has 142 valence electrons. The van der Waals surface area contributed by atoms with Crippen LogP contribution in [0.2, 0.25) is 0 Å². The molecular formula is C15H13F4NO5S. The number of rotatable bonds is 5. The van der Waals surface area contributed by atoms with Gasteiger partial charge in [0.1, 0.15) is 12.2 Å². The van der Waals surface area contributed by atoms with Crippen LogP contribution in [0.3, 0.4) is 0 Å². The third-order valence-corrected chi connectivity index (χ3v) is 4.54. The van der Waals surface area contributed by atoms with Gasteiger partial charge < -0.3 is 14.3 Å². The molecule has 0 bridgehead atoms. The topological polar surface area (TPSA) is 74.2 Å². The van der Waals surface area contributed by atoms with Crippen LogP contribution in [0.1, 0.15) is 20.3 Å². The number of ether oxygens (including phenoxy) is 2. The van der Waals surface area contributed by atoms with E-state index < -0.39 is 67.8 Å². The predicted molar refractivity (Wildman–Crippen MR) is 82.2 cm³/mol.